The Hall–Kier alpha value is -1.41. The number of rotatable bonds is 4. The number of carbonyl (C=O) groups is 1. The van der Waals surface area contributed by atoms with Gasteiger partial charge in [-0.3, -0.25) is 4.79 Å². The molecule has 1 aromatic rings. The number of halogens is 1. The maximum Gasteiger partial charge on any atom is 0.244 e. The third kappa shape index (κ3) is 4.28. The van der Waals surface area contributed by atoms with Gasteiger partial charge < -0.3 is 4.74 Å². The Balaban J connectivity index is 2.00. The van der Waals surface area contributed by atoms with Crippen LogP contribution >= 0.6 is 15.9 Å². The summed E-state index contributed by atoms with van der Waals surface area (Å²) in [5.74, 6) is -0.305. The highest BCUT2D eigenvalue weighted by Gasteiger charge is 2.32. The average molecular weight is 375 g/mol. The first-order valence-corrected chi connectivity index (χ1v) is 8.89. The van der Waals surface area contributed by atoms with Crippen LogP contribution in [0.2, 0.25) is 0 Å². The molecule has 0 radical (unpaired) electrons. The second-order valence-electron chi connectivity index (χ2n) is 4.72. The van der Waals surface area contributed by atoms with Crippen LogP contribution in [0.5, 0.6) is 5.75 Å². The molecule has 114 valence electrons. The average Bonchev–Trinajstić information content (AvgIpc) is 2.79. The Bertz CT molecular complexity index is 673. The van der Waals surface area contributed by atoms with Gasteiger partial charge in [-0.1, -0.05) is 15.9 Å². The predicted octanol–water partition coefficient (Wildman–Crippen LogP) is 1.34. The minimum Gasteiger partial charge on any atom is -0.496 e. The molecule has 0 bridgehead atoms. The van der Waals surface area contributed by atoms with Crippen LogP contribution in [-0.2, 0) is 14.6 Å². The van der Waals surface area contributed by atoms with Crippen molar-refractivity contribution in [2.75, 3.05) is 18.6 Å². The van der Waals surface area contributed by atoms with E-state index in [0.717, 1.165) is 4.47 Å². The summed E-state index contributed by atoms with van der Waals surface area (Å²) in [6, 6.07) is 5.41. The van der Waals surface area contributed by atoms with Crippen LogP contribution < -0.4 is 10.2 Å². The summed E-state index contributed by atoms with van der Waals surface area (Å²) < 4.78 is 28.7. The number of ether oxygens (including phenoxy) is 1. The van der Waals surface area contributed by atoms with E-state index in [1.165, 1.54) is 6.21 Å². The van der Waals surface area contributed by atoms with E-state index in [9.17, 15) is 13.2 Å². The second kappa shape index (κ2) is 6.57. The summed E-state index contributed by atoms with van der Waals surface area (Å²) in [6.45, 7) is 0. The topological polar surface area (TPSA) is 84.8 Å². The number of benzene rings is 1. The van der Waals surface area contributed by atoms with Crippen LogP contribution in [0.25, 0.3) is 0 Å². The molecule has 1 atom stereocenters. The predicted molar refractivity (Wildman–Crippen MR) is 83.2 cm³/mol. The van der Waals surface area contributed by atoms with Gasteiger partial charge in [0.2, 0.25) is 5.91 Å². The van der Waals surface area contributed by atoms with Crippen LogP contribution in [0, 0.1) is 5.92 Å². The fourth-order valence-corrected chi connectivity index (χ4v) is 4.18. The molecule has 6 nitrogen and oxygen atoms in total. The molecule has 1 aliphatic rings. The molecule has 8 heteroatoms. The number of amides is 1. The highest BCUT2D eigenvalue weighted by atomic mass is 79.9. The van der Waals surface area contributed by atoms with Crippen molar-refractivity contribution in [1.29, 1.82) is 0 Å². The smallest absolute Gasteiger partial charge is 0.244 e. The van der Waals surface area contributed by atoms with E-state index >= 15 is 0 Å². The Labute approximate surface area is 131 Å². The lowest BCUT2D eigenvalue weighted by molar-refractivity contribution is -0.124. The minimum atomic E-state index is -3.07. The summed E-state index contributed by atoms with van der Waals surface area (Å²) >= 11 is 3.34. The van der Waals surface area contributed by atoms with Crippen molar-refractivity contribution in [1.82, 2.24) is 5.43 Å². The molecule has 1 unspecified atom stereocenters. The number of nitrogens with one attached hydrogen (secondary N) is 1. The summed E-state index contributed by atoms with van der Waals surface area (Å²) in [5, 5.41) is 3.86. The zero-order valence-electron chi connectivity index (χ0n) is 11.4. The van der Waals surface area contributed by atoms with Gasteiger partial charge in [-0.2, -0.15) is 5.10 Å². The zero-order chi connectivity index (χ0) is 15.5. The minimum absolute atomic E-state index is 0.0637. The standard InChI is InChI=1S/C13H15BrN2O4S/c1-20-12-3-2-11(14)6-10(12)7-15-16-13(17)9-4-5-21(18,19)8-9/h2-3,6-7,9H,4-5,8H2,1H3,(H,16,17). The number of hydrazone groups is 1. The molecule has 0 spiro atoms. The van der Waals surface area contributed by atoms with Crippen LogP contribution in [0.15, 0.2) is 27.8 Å². The largest absolute Gasteiger partial charge is 0.496 e. The van der Waals surface area contributed by atoms with Crippen molar-refractivity contribution in [3.05, 3.63) is 28.2 Å². The normalized spacial score (nSPS) is 20.6. The molecule has 1 fully saturated rings. The molecule has 1 aliphatic heterocycles. The van der Waals surface area contributed by atoms with Gasteiger partial charge in [-0.25, -0.2) is 13.8 Å². The van der Waals surface area contributed by atoms with E-state index in [4.69, 9.17) is 4.74 Å². The first-order chi connectivity index (χ1) is 9.91. The van der Waals surface area contributed by atoms with Crippen molar-refractivity contribution >= 4 is 37.9 Å². The highest BCUT2D eigenvalue weighted by Crippen LogP contribution is 2.21. The fourth-order valence-electron chi connectivity index (χ4n) is 2.06. The zero-order valence-corrected chi connectivity index (χ0v) is 13.8. The summed E-state index contributed by atoms with van der Waals surface area (Å²) in [7, 11) is -1.53. The van der Waals surface area contributed by atoms with Crippen molar-refractivity contribution < 1.29 is 17.9 Å². The van der Waals surface area contributed by atoms with Gasteiger partial charge in [0.25, 0.3) is 0 Å². The number of nitrogens with zero attached hydrogens (tertiary/aromatic N) is 1. The molecule has 0 aromatic heterocycles. The summed E-state index contributed by atoms with van der Waals surface area (Å²) in [6.07, 6.45) is 1.81. The molecular weight excluding hydrogens is 360 g/mol. The van der Waals surface area contributed by atoms with E-state index < -0.39 is 15.8 Å². The van der Waals surface area contributed by atoms with E-state index in [2.05, 4.69) is 26.5 Å². The van der Waals surface area contributed by atoms with E-state index in [1.54, 1.807) is 19.2 Å². The van der Waals surface area contributed by atoms with Gasteiger partial charge >= 0.3 is 0 Å². The lowest BCUT2D eigenvalue weighted by Gasteiger charge is -2.06. The van der Waals surface area contributed by atoms with Crippen molar-refractivity contribution in [2.45, 2.75) is 6.42 Å². The van der Waals surface area contributed by atoms with Gasteiger partial charge in [0.15, 0.2) is 9.84 Å². The molecule has 0 aliphatic carbocycles. The van der Waals surface area contributed by atoms with Crippen LogP contribution in [0.1, 0.15) is 12.0 Å². The maximum atomic E-state index is 11.8. The van der Waals surface area contributed by atoms with E-state index in [0.29, 0.717) is 17.7 Å². The molecule has 1 amide bonds. The fraction of sp³-hybridized carbons (Fsp3) is 0.385. The third-order valence-corrected chi connectivity index (χ3v) is 5.43. The SMILES string of the molecule is COc1ccc(Br)cc1C=NNC(=O)C1CCS(=O)(=O)C1. The summed E-state index contributed by atoms with van der Waals surface area (Å²) in [5.41, 5.74) is 3.08. The Morgan fingerprint density at radius 1 is 1.52 bits per heavy atom. The maximum absolute atomic E-state index is 11.8. The van der Waals surface area contributed by atoms with Gasteiger partial charge in [-0.05, 0) is 24.6 Å². The molecule has 2 rings (SSSR count). The Kier molecular flexibility index (Phi) is 5.00. The Morgan fingerprint density at radius 2 is 2.29 bits per heavy atom. The number of sulfone groups is 1. The third-order valence-electron chi connectivity index (χ3n) is 3.17. The van der Waals surface area contributed by atoms with Gasteiger partial charge in [0.1, 0.15) is 5.75 Å². The first-order valence-electron chi connectivity index (χ1n) is 6.28. The lowest BCUT2D eigenvalue weighted by Crippen LogP contribution is -2.27. The van der Waals surface area contributed by atoms with Crippen LogP contribution in [0.3, 0.4) is 0 Å². The second-order valence-corrected chi connectivity index (χ2v) is 7.86. The number of hydrogen-bond donors (Lipinski definition) is 1. The number of methoxy groups -OCH3 is 1. The molecule has 21 heavy (non-hydrogen) atoms. The molecule has 0 saturated carbocycles. The van der Waals surface area contributed by atoms with Crippen LogP contribution in [0.4, 0.5) is 0 Å². The number of carbonyl (C=O) groups excluding carboxylic acids is 1. The van der Waals surface area contributed by atoms with Gasteiger partial charge in [-0.15, -0.1) is 0 Å². The quantitative estimate of drug-likeness (QED) is 0.636. The lowest BCUT2D eigenvalue weighted by atomic mass is 10.1. The van der Waals surface area contributed by atoms with E-state index in [-0.39, 0.29) is 17.4 Å². The van der Waals surface area contributed by atoms with Crippen molar-refractivity contribution in [3.8, 4) is 5.75 Å². The monoisotopic (exact) mass is 374 g/mol. The van der Waals surface area contributed by atoms with Gasteiger partial charge in [0.05, 0.1) is 30.7 Å². The highest BCUT2D eigenvalue weighted by molar-refractivity contribution is 9.10. The van der Waals surface area contributed by atoms with Crippen molar-refractivity contribution in [3.63, 3.8) is 0 Å². The van der Waals surface area contributed by atoms with Crippen LogP contribution in [-0.4, -0.2) is 39.2 Å². The molecular formula is C13H15BrN2O4S. The molecule has 1 heterocycles. The molecule has 1 N–H and O–H groups in total. The first kappa shape index (κ1) is 16.0. The molecule has 1 saturated heterocycles. The summed E-state index contributed by atoms with van der Waals surface area (Å²) in [4.78, 5) is 11.8. The Morgan fingerprint density at radius 3 is 2.90 bits per heavy atom. The van der Waals surface area contributed by atoms with E-state index in [1.807, 2.05) is 6.07 Å². The molecule has 1 aromatic carbocycles. The van der Waals surface area contributed by atoms with Gasteiger partial charge in [0, 0.05) is 10.0 Å². The number of hydrogen-bond acceptors (Lipinski definition) is 5. The van der Waals surface area contributed by atoms with Crippen molar-refractivity contribution in [2.24, 2.45) is 11.0 Å².